The molecule has 0 amide bonds. The molecular weight excluding hydrogens is 312 g/mol. The number of nitrogens with one attached hydrogen (secondary N) is 1. The lowest BCUT2D eigenvalue weighted by molar-refractivity contribution is 0.301. The SMILES string of the molecule is CCNCc1c(Cl)cccc1OCc1cccc(F)c1Cl. The first-order valence-corrected chi connectivity index (χ1v) is 7.43. The van der Waals surface area contributed by atoms with E-state index in [1.54, 1.807) is 12.1 Å². The van der Waals surface area contributed by atoms with Crippen LogP contribution in [0, 0.1) is 5.82 Å². The van der Waals surface area contributed by atoms with Gasteiger partial charge >= 0.3 is 0 Å². The Labute approximate surface area is 133 Å². The number of halogens is 3. The molecule has 0 radical (unpaired) electrons. The Kier molecular flexibility index (Phi) is 5.85. The van der Waals surface area contributed by atoms with Crippen LogP contribution in [0.4, 0.5) is 4.39 Å². The molecule has 0 aromatic heterocycles. The summed E-state index contributed by atoms with van der Waals surface area (Å²) in [6.45, 7) is 3.66. The fourth-order valence-corrected chi connectivity index (χ4v) is 2.32. The van der Waals surface area contributed by atoms with Gasteiger partial charge in [-0.2, -0.15) is 0 Å². The number of rotatable bonds is 6. The highest BCUT2D eigenvalue weighted by Crippen LogP contribution is 2.28. The van der Waals surface area contributed by atoms with Gasteiger partial charge in [0, 0.05) is 22.7 Å². The topological polar surface area (TPSA) is 21.3 Å². The van der Waals surface area contributed by atoms with Crippen molar-refractivity contribution < 1.29 is 9.13 Å². The van der Waals surface area contributed by atoms with Crippen LogP contribution in [0.15, 0.2) is 36.4 Å². The number of hydrogen-bond donors (Lipinski definition) is 1. The molecule has 5 heteroatoms. The van der Waals surface area contributed by atoms with E-state index >= 15 is 0 Å². The van der Waals surface area contributed by atoms with Crippen LogP contribution in [0.3, 0.4) is 0 Å². The van der Waals surface area contributed by atoms with Crippen molar-refractivity contribution in [1.82, 2.24) is 5.32 Å². The van der Waals surface area contributed by atoms with Gasteiger partial charge in [-0.15, -0.1) is 0 Å². The Balaban J connectivity index is 2.16. The summed E-state index contributed by atoms with van der Waals surface area (Å²) >= 11 is 12.1. The van der Waals surface area contributed by atoms with Crippen LogP contribution in [-0.2, 0) is 13.2 Å². The van der Waals surface area contributed by atoms with Crippen molar-refractivity contribution in [1.29, 1.82) is 0 Å². The molecule has 2 nitrogen and oxygen atoms in total. The lowest BCUT2D eigenvalue weighted by Crippen LogP contribution is -2.13. The Hall–Kier alpha value is -1.29. The van der Waals surface area contributed by atoms with Gasteiger partial charge < -0.3 is 10.1 Å². The van der Waals surface area contributed by atoms with Crippen molar-refractivity contribution in [3.63, 3.8) is 0 Å². The molecule has 0 aliphatic heterocycles. The molecule has 21 heavy (non-hydrogen) atoms. The van der Waals surface area contributed by atoms with E-state index < -0.39 is 5.82 Å². The first kappa shape index (κ1) is 16.1. The van der Waals surface area contributed by atoms with Gasteiger partial charge in [-0.05, 0) is 24.7 Å². The lowest BCUT2D eigenvalue weighted by atomic mass is 10.2. The van der Waals surface area contributed by atoms with Crippen LogP contribution in [0.25, 0.3) is 0 Å². The van der Waals surface area contributed by atoms with E-state index in [0.29, 0.717) is 22.9 Å². The Morgan fingerprint density at radius 2 is 1.90 bits per heavy atom. The van der Waals surface area contributed by atoms with Crippen LogP contribution in [0.1, 0.15) is 18.1 Å². The summed E-state index contributed by atoms with van der Waals surface area (Å²) in [6, 6.07) is 10.1. The maximum Gasteiger partial charge on any atom is 0.142 e. The van der Waals surface area contributed by atoms with E-state index in [4.69, 9.17) is 27.9 Å². The van der Waals surface area contributed by atoms with Crippen molar-refractivity contribution in [2.24, 2.45) is 0 Å². The molecule has 1 N–H and O–H groups in total. The number of ether oxygens (including phenoxy) is 1. The fourth-order valence-electron chi connectivity index (χ4n) is 1.91. The van der Waals surface area contributed by atoms with Crippen molar-refractivity contribution >= 4 is 23.2 Å². The summed E-state index contributed by atoms with van der Waals surface area (Å²) in [6.07, 6.45) is 0. The molecule has 0 spiro atoms. The molecule has 0 bridgehead atoms. The third-order valence-corrected chi connectivity index (χ3v) is 3.82. The molecule has 0 fully saturated rings. The lowest BCUT2D eigenvalue weighted by Gasteiger charge is -2.14. The number of hydrogen-bond acceptors (Lipinski definition) is 2. The molecule has 0 aliphatic carbocycles. The number of benzene rings is 2. The second kappa shape index (κ2) is 7.64. The van der Waals surface area contributed by atoms with Gasteiger partial charge in [0.1, 0.15) is 18.2 Å². The van der Waals surface area contributed by atoms with E-state index in [-0.39, 0.29) is 11.6 Å². The molecule has 0 atom stereocenters. The van der Waals surface area contributed by atoms with Crippen molar-refractivity contribution in [3.8, 4) is 5.75 Å². The third kappa shape index (κ3) is 4.10. The van der Waals surface area contributed by atoms with Crippen molar-refractivity contribution in [2.75, 3.05) is 6.54 Å². The van der Waals surface area contributed by atoms with Crippen molar-refractivity contribution in [3.05, 3.63) is 63.4 Å². The van der Waals surface area contributed by atoms with E-state index in [1.165, 1.54) is 6.07 Å². The maximum absolute atomic E-state index is 13.4. The van der Waals surface area contributed by atoms with Gasteiger partial charge in [0.2, 0.25) is 0 Å². The molecule has 0 saturated carbocycles. The zero-order chi connectivity index (χ0) is 15.2. The summed E-state index contributed by atoms with van der Waals surface area (Å²) < 4.78 is 19.2. The van der Waals surface area contributed by atoms with Crippen LogP contribution >= 0.6 is 23.2 Å². The van der Waals surface area contributed by atoms with Crippen LogP contribution in [0.5, 0.6) is 5.75 Å². The van der Waals surface area contributed by atoms with Gasteiger partial charge in [0.05, 0.1) is 5.02 Å². The average Bonchev–Trinajstić information content (AvgIpc) is 2.48. The predicted octanol–water partition coefficient (Wildman–Crippen LogP) is 4.82. The van der Waals surface area contributed by atoms with Gasteiger partial charge in [-0.3, -0.25) is 0 Å². The Morgan fingerprint density at radius 1 is 1.14 bits per heavy atom. The van der Waals surface area contributed by atoms with Crippen LogP contribution < -0.4 is 10.1 Å². The highest BCUT2D eigenvalue weighted by atomic mass is 35.5. The second-order valence-corrected chi connectivity index (χ2v) is 5.28. The molecular formula is C16H16Cl2FNO. The third-order valence-electron chi connectivity index (χ3n) is 3.04. The van der Waals surface area contributed by atoms with E-state index in [2.05, 4.69) is 5.32 Å². The zero-order valence-electron chi connectivity index (χ0n) is 11.6. The van der Waals surface area contributed by atoms with E-state index in [9.17, 15) is 4.39 Å². The fraction of sp³-hybridized carbons (Fsp3) is 0.250. The molecule has 0 aliphatic rings. The zero-order valence-corrected chi connectivity index (χ0v) is 13.1. The van der Waals surface area contributed by atoms with Gasteiger partial charge in [0.25, 0.3) is 0 Å². The molecule has 0 unspecified atom stereocenters. The molecule has 0 saturated heterocycles. The monoisotopic (exact) mass is 327 g/mol. The summed E-state index contributed by atoms with van der Waals surface area (Å²) in [5.74, 6) is 0.223. The molecule has 2 aromatic carbocycles. The maximum atomic E-state index is 13.4. The second-order valence-electron chi connectivity index (χ2n) is 4.50. The van der Waals surface area contributed by atoms with Crippen LogP contribution in [-0.4, -0.2) is 6.54 Å². The van der Waals surface area contributed by atoms with Crippen molar-refractivity contribution in [2.45, 2.75) is 20.1 Å². The minimum absolute atomic E-state index is 0.0905. The smallest absolute Gasteiger partial charge is 0.142 e. The summed E-state index contributed by atoms with van der Waals surface area (Å²) in [5, 5.41) is 3.94. The Morgan fingerprint density at radius 3 is 2.67 bits per heavy atom. The molecule has 2 rings (SSSR count). The molecule has 0 heterocycles. The van der Waals surface area contributed by atoms with Crippen LogP contribution in [0.2, 0.25) is 10.0 Å². The van der Waals surface area contributed by atoms with E-state index in [0.717, 1.165) is 12.1 Å². The first-order valence-electron chi connectivity index (χ1n) is 6.67. The largest absolute Gasteiger partial charge is 0.488 e. The summed E-state index contributed by atoms with van der Waals surface area (Å²) in [7, 11) is 0. The predicted molar refractivity (Wildman–Crippen MR) is 84.6 cm³/mol. The van der Waals surface area contributed by atoms with Gasteiger partial charge in [0.15, 0.2) is 0 Å². The Bertz CT molecular complexity index is 619. The minimum atomic E-state index is -0.447. The normalized spacial score (nSPS) is 10.7. The summed E-state index contributed by atoms with van der Waals surface area (Å²) in [4.78, 5) is 0. The quantitative estimate of drug-likeness (QED) is 0.821. The average molecular weight is 328 g/mol. The van der Waals surface area contributed by atoms with Gasteiger partial charge in [-0.25, -0.2) is 4.39 Å². The first-order chi connectivity index (χ1) is 10.1. The standard InChI is InChI=1S/C16H16Cl2FNO/c1-2-20-9-12-13(17)6-4-8-15(12)21-10-11-5-3-7-14(19)16(11)18/h3-8,20H,2,9-10H2,1H3. The highest BCUT2D eigenvalue weighted by molar-refractivity contribution is 6.31. The van der Waals surface area contributed by atoms with Gasteiger partial charge in [-0.1, -0.05) is 48.3 Å². The molecule has 2 aromatic rings. The summed E-state index contributed by atoms with van der Waals surface area (Å²) in [5.41, 5.74) is 1.49. The van der Waals surface area contributed by atoms with E-state index in [1.807, 2.05) is 25.1 Å². The minimum Gasteiger partial charge on any atom is -0.488 e. The molecule has 112 valence electrons. The highest BCUT2D eigenvalue weighted by Gasteiger charge is 2.10.